The van der Waals surface area contributed by atoms with Crippen LogP contribution in [-0.4, -0.2) is 9.97 Å². The fourth-order valence-electron chi connectivity index (χ4n) is 1.86. The lowest BCUT2D eigenvalue weighted by atomic mass is 9.97. The molecule has 15 heavy (non-hydrogen) atoms. The Hall–Kier alpha value is -1.42. The molecule has 3 rings (SSSR count). The topological polar surface area (TPSA) is 64.9 Å². The van der Waals surface area contributed by atoms with Gasteiger partial charge >= 0.3 is 0 Å². The van der Waals surface area contributed by atoms with E-state index in [0.717, 1.165) is 0 Å². The molecule has 2 aromatic rings. The zero-order valence-electron chi connectivity index (χ0n) is 8.60. The third kappa shape index (κ3) is 1.33. The van der Waals surface area contributed by atoms with E-state index in [0.29, 0.717) is 23.0 Å². The van der Waals surface area contributed by atoms with Crippen LogP contribution in [0.15, 0.2) is 22.7 Å². The summed E-state index contributed by atoms with van der Waals surface area (Å²) in [7, 11) is 0. The average Bonchev–Trinajstić information content (AvgIpc) is 2.97. The molecule has 1 aliphatic carbocycles. The molecule has 78 valence electrons. The van der Waals surface area contributed by atoms with Crippen molar-refractivity contribution in [3.05, 3.63) is 24.2 Å². The number of oxazole rings is 1. The molecule has 4 heteroatoms. The molecule has 1 atom stereocenters. The van der Waals surface area contributed by atoms with E-state index in [9.17, 15) is 0 Å². The van der Waals surface area contributed by atoms with Gasteiger partial charge in [0.2, 0.25) is 5.89 Å². The van der Waals surface area contributed by atoms with Crippen molar-refractivity contribution in [1.29, 1.82) is 0 Å². The van der Waals surface area contributed by atoms with Crippen molar-refractivity contribution < 1.29 is 4.42 Å². The number of pyridine rings is 1. The normalized spacial score (nSPS) is 20.4. The molecule has 2 heterocycles. The molecule has 0 amide bonds. The SMILES string of the molecule is CC(N)(c1nc2ncccc2o1)C1CC1. The minimum Gasteiger partial charge on any atom is -0.437 e. The van der Waals surface area contributed by atoms with Crippen LogP contribution in [0.2, 0.25) is 0 Å². The Labute approximate surface area is 87.5 Å². The van der Waals surface area contributed by atoms with Gasteiger partial charge in [0.1, 0.15) is 0 Å². The van der Waals surface area contributed by atoms with Crippen molar-refractivity contribution in [1.82, 2.24) is 9.97 Å². The summed E-state index contributed by atoms with van der Waals surface area (Å²) in [6, 6.07) is 3.70. The Balaban J connectivity index is 2.11. The van der Waals surface area contributed by atoms with Crippen LogP contribution in [0.25, 0.3) is 11.2 Å². The summed E-state index contributed by atoms with van der Waals surface area (Å²) in [6.07, 6.45) is 4.04. The van der Waals surface area contributed by atoms with E-state index < -0.39 is 5.54 Å². The molecule has 1 aliphatic rings. The molecule has 4 nitrogen and oxygen atoms in total. The van der Waals surface area contributed by atoms with E-state index in [1.807, 2.05) is 19.1 Å². The van der Waals surface area contributed by atoms with Gasteiger partial charge in [-0.05, 0) is 37.8 Å². The molecule has 0 aromatic carbocycles. The maximum absolute atomic E-state index is 6.22. The van der Waals surface area contributed by atoms with Crippen LogP contribution in [0.4, 0.5) is 0 Å². The fourth-order valence-corrected chi connectivity index (χ4v) is 1.86. The lowest BCUT2D eigenvalue weighted by Crippen LogP contribution is -2.35. The highest BCUT2D eigenvalue weighted by Crippen LogP contribution is 2.43. The van der Waals surface area contributed by atoms with Crippen molar-refractivity contribution in [3.63, 3.8) is 0 Å². The Morgan fingerprint density at radius 2 is 2.33 bits per heavy atom. The summed E-state index contributed by atoms with van der Waals surface area (Å²) in [5, 5.41) is 0. The van der Waals surface area contributed by atoms with Gasteiger partial charge in [-0.25, -0.2) is 4.98 Å². The van der Waals surface area contributed by atoms with Crippen molar-refractivity contribution in [2.24, 2.45) is 11.7 Å². The van der Waals surface area contributed by atoms with Gasteiger partial charge in [0.15, 0.2) is 11.2 Å². The van der Waals surface area contributed by atoms with E-state index in [4.69, 9.17) is 10.2 Å². The van der Waals surface area contributed by atoms with Crippen LogP contribution in [0.5, 0.6) is 0 Å². The molecule has 1 saturated carbocycles. The van der Waals surface area contributed by atoms with E-state index >= 15 is 0 Å². The number of hydrogen-bond donors (Lipinski definition) is 1. The lowest BCUT2D eigenvalue weighted by Gasteiger charge is -2.19. The van der Waals surface area contributed by atoms with Gasteiger partial charge in [0.25, 0.3) is 0 Å². The van der Waals surface area contributed by atoms with Crippen molar-refractivity contribution >= 4 is 11.2 Å². The van der Waals surface area contributed by atoms with E-state index in [2.05, 4.69) is 9.97 Å². The molecule has 2 aromatic heterocycles. The number of nitrogens with two attached hydrogens (primary N) is 1. The Bertz CT molecular complexity index is 466. The minimum atomic E-state index is -0.444. The van der Waals surface area contributed by atoms with Gasteiger partial charge in [0, 0.05) is 6.20 Å². The van der Waals surface area contributed by atoms with E-state index in [-0.39, 0.29) is 0 Å². The quantitative estimate of drug-likeness (QED) is 0.808. The van der Waals surface area contributed by atoms with Crippen molar-refractivity contribution in [2.75, 3.05) is 0 Å². The molecule has 0 saturated heterocycles. The zero-order valence-corrected chi connectivity index (χ0v) is 8.60. The summed E-state index contributed by atoms with van der Waals surface area (Å²) in [5.74, 6) is 1.12. The summed E-state index contributed by atoms with van der Waals surface area (Å²) in [5.41, 5.74) is 7.14. The highest BCUT2D eigenvalue weighted by Gasteiger charge is 2.43. The maximum atomic E-state index is 6.22. The number of aromatic nitrogens is 2. The second-order valence-electron chi connectivity index (χ2n) is 4.40. The van der Waals surface area contributed by atoms with Crippen LogP contribution in [0.1, 0.15) is 25.7 Å². The van der Waals surface area contributed by atoms with Crippen LogP contribution in [0, 0.1) is 5.92 Å². The van der Waals surface area contributed by atoms with Gasteiger partial charge in [-0.3, -0.25) is 0 Å². The largest absolute Gasteiger partial charge is 0.437 e. The first-order valence-corrected chi connectivity index (χ1v) is 5.19. The molecule has 0 radical (unpaired) electrons. The van der Waals surface area contributed by atoms with Gasteiger partial charge in [-0.15, -0.1) is 0 Å². The Kier molecular flexibility index (Phi) is 1.65. The highest BCUT2D eigenvalue weighted by molar-refractivity contribution is 5.67. The molecule has 1 fully saturated rings. The first kappa shape index (κ1) is 8.85. The summed E-state index contributed by atoms with van der Waals surface area (Å²) in [4.78, 5) is 8.48. The maximum Gasteiger partial charge on any atom is 0.217 e. The van der Waals surface area contributed by atoms with Crippen molar-refractivity contribution in [3.8, 4) is 0 Å². The number of hydrogen-bond acceptors (Lipinski definition) is 4. The number of rotatable bonds is 2. The van der Waals surface area contributed by atoms with E-state index in [1.165, 1.54) is 12.8 Å². The van der Waals surface area contributed by atoms with Crippen LogP contribution in [0.3, 0.4) is 0 Å². The molecule has 2 N–H and O–H groups in total. The zero-order chi connectivity index (χ0) is 10.5. The fraction of sp³-hybridized carbons (Fsp3) is 0.455. The van der Waals surface area contributed by atoms with E-state index in [1.54, 1.807) is 6.20 Å². The van der Waals surface area contributed by atoms with Crippen LogP contribution < -0.4 is 5.73 Å². The van der Waals surface area contributed by atoms with Gasteiger partial charge in [-0.1, -0.05) is 0 Å². The first-order valence-electron chi connectivity index (χ1n) is 5.19. The standard InChI is InChI=1S/C11H13N3O/c1-11(12,7-4-5-7)10-14-9-8(15-10)3-2-6-13-9/h2-3,6-7H,4-5,12H2,1H3. The monoisotopic (exact) mass is 203 g/mol. The first-order chi connectivity index (χ1) is 7.18. The molecular weight excluding hydrogens is 190 g/mol. The Morgan fingerprint density at radius 3 is 3.00 bits per heavy atom. The third-order valence-corrected chi connectivity index (χ3v) is 3.05. The third-order valence-electron chi connectivity index (χ3n) is 3.05. The average molecular weight is 203 g/mol. The molecule has 0 spiro atoms. The van der Waals surface area contributed by atoms with Crippen LogP contribution >= 0.6 is 0 Å². The summed E-state index contributed by atoms with van der Waals surface area (Å²) in [6.45, 7) is 1.98. The lowest BCUT2D eigenvalue weighted by molar-refractivity contribution is 0.327. The predicted molar refractivity (Wildman–Crippen MR) is 56.1 cm³/mol. The van der Waals surface area contributed by atoms with Crippen LogP contribution in [-0.2, 0) is 5.54 Å². The summed E-state index contributed by atoms with van der Waals surface area (Å²) >= 11 is 0. The molecule has 1 unspecified atom stereocenters. The minimum absolute atomic E-state index is 0.444. The summed E-state index contributed by atoms with van der Waals surface area (Å²) < 4.78 is 5.64. The predicted octanol–water partition coefficient (Wildman–Crippen LogP) is 1.81. The van der Waals surface area contributed by atoms with Gasteiger partial charge in [-0.2, -0.15) is 4.98 Å². The smallest absolute Gasteiger partial charge is 0.217 e. The highest BCUT2D eigenvalue weighted by atomic mass is 16.4. The van der Waals surface area contributed by atoms with Crippen molar-refractivity contribution in [2.45, 2.75) is 25.3 Å². The van der Waals surface area contributed by atoms with Gasteiger partial charge in [0.05, 0.1) is 5.54 Å². The molecule has 0 aliphatic heterocycles. The molecular formula is C11H13N3O. The van der Waals surface area contributed by atoms with Gasteiger partial charge < -0.3 is 10.2 Å². The second kappa shape index (κ2) is 2.79. The molecule has 0 bridgehead atoms. The number of fused-ring (bicyclic) bond motifs is 1. The number of nitrogens with zero attached hydrogens (tertiary/aromatic N) is 2. The Morgan fingerprint density at radius 1 is 1.53 bits per heavy atom. The second-order valence-corrected chi connectivity index (χ2v) is 4.40.